The van der Waals surface area contributed by atoms with Crippen LogP contribution >= 0.6 is 11.8 Å². The van der Waals surface area contributed by atoms with E-state index in [0.29, 0.717) is 10.8 Å². The third-order valence-electron chi connectivity index (χ3n) is 4.22. The summed E-state index contributed by atoms with van der Waals surface area (Å²) in [5.74, 6) is -0.274. The Morgan fingerprint density at radius 3 is 2.85 bits per heavy atom. The predicted molar refractivity (Wildman–Crippen MR) is 101 cm³/mol. The van der Waals surface area contributed by atoms with Crippen molar-refractivity contribution in [2.24, 2.45) is 0 Å². The van der Waals surface area contributed by atoms with Crippen molar-refractivity contribution in [2.45, 2.75) is 19.0 Å². The van der Waals surface area contributed by atoms with E-state index in [9.17, 15) is 9.59 Å². The summed E-state index contributed by atoms with van der Waals surface area (Å²) in [6.07, 6.45) is 0. The molecule has 7 nitrogen and oxygen atoms in total. The number of hydrogen-bond acceptors (Lipinski definition) is 5. The number of Topliss-reactive ketones (excluding diaryl/α,β-unsaturated/α-hetero) is 1. The van der Waals surface area contributed by atoms with E-state index in [-0.39, 0.29) is 17.2 Å². The maximum Gasteiger partial charge on any atom is 0.438 e. The molecule has 2 N–H and O–H groups in total. The van der Waals surface area contributed by atoms with Crippen LogP contribution in [0.15, 0.2) is 56.9 Å². The normalized spacial score (nSPS) is 11.2. The summed E-state index contributed by atoms with van der Waals surface area (Å²) >= 11 is 1.25. The minimum atomic E-state index is -0.689. The van der Waals surface area contributed by atoms with Gasteiger partial charge in [0.05, 0.1) is 16.8 Å². The molecule has 0 unspecified atom stereocenters. The number of nitrogens with one attached hydrogen (secondary N) is 2. The van der Waals surface area contributed by atoms with E-state index in [1.165, 1.54) is 16.4 Å². The molecule has 27 heavy (non-hydrogen) atoms. The molecule has 0 aliphatic carbocycles. The summed E-state index contributed by atoms with van der Waals surface area (Å²) in [6.45, 7) is 3.85. The quantitative estimate of drug-likeness (QED) is 0.315. The Hall–Kier alpha value is -3.13. The zero-order valence-electron chi connectivity index (χ0n) is 14.8. The third kappa shape index (κ3) is 3.31. The van der Waals surface area contributed by atoms with Crippen molar-refractivity contribution in [3.8, 4) is 5.69 Å². The minimum absolute atomic E-state index is 0.0349. The van der Waals surface area contributed by atoms with Crippen LogP contribution in [0.5, 0.6) is 0 Å². The van der Waals surface area contributed by atoms with Gasteiger partial charge in [-0.2, -0.15) is 0 Å². The Bertz CT molecular complexity index is 1170. The number of fused-ring (bicyclic) bond motifs is 1. The van der Waals surface area contributed by atoms with E-state index < -0.39 is 5.63 Å². The lowest BCUT2D eigenvalue weighted by Crippen LogP contribution is -2.42. The number of thioether (sulfide) groups is 1. The summed E-state index contributed by atoms with van der Waals surface area (Å²) in [6, 6.07) is 13.4. The van der Waals surface area contributed by atoms with Crippen LogP contribution in [0.25, 0.3) is 16.7 Å². The molecule has 2 aromatic carbocycles. The monoisotopic (exact) mass is 381 g/mol. The van der Waals surface area contributed by atoms with Crippen LogP contribution in [-0.2, 0) is 0 Å². The lowest BCUT2D eigenvalue weighted by molar-refractivity contribution is -0.672. The van der Waals surface area contributed by atoms with Gasteiger partial charge in [0, 0.05) is 11.6 Å². The highest BCUT2D eigenvalue weighted by atomic mass is 32.2. The lowest BCUT2D eigenvalue weighted by atomic mass is 10.1. The molecule has 0 radical (unpaired) electrons. The number of carbonyl (C=O) groups is 1. The molecule has 2 aromatic heterocycles. The molecule has 136 valence electrons. The fourth-order valence-corrected chi connectivity index (χ4v) is 3.59. The van der Waals surface area contributed by atoms with E-state index in [1.54, 1.807) is 0 Å². The summed E-state index contributed by atoms with van der Waals surface area (Å²) in [5, 5.41) is 3.16. The van der Waals surface area contributed by atoms with Gasteiger partial charge in [0.1, 0.15) is 0 Å². The van der Waals surface area contributed by atoms with Gasteiger partial charge in [-0.15, -0.1) is 0 Å². The Labute approximate surface area is 158 Å². The van der Waals surface area contributed by atoms with E-state index in [1.807, 2.05) is 56.3 Å². The molecule has 0 aliphatic rings. The number of nitrogens with zero attached hydrogens (tertiary/aromatic N) is 2. The molecule has 0 saturated carbocycles. The first kappa shape index (κ1) is 17.3. The highest BCUT2D eigenvalue weighted by Crippen LogP contribution is 2.19. The highest BCUT2D eigenvalue weighted by molar-refractivity contribution is 7.99. The van der Waals surface area contributed by atoms with Gasteiger partial charge in [-0.25, -0.2) is 9.78 Å². The Morgan fingerprint density at radius 2 is 2.04 bits per heavy atom. The second-order valence-electron chi connectivity index (χ2n) is 6.23. The molecule has 0 aliphatic heterocycles. The van der Waals surface area contributed by atoms with Crippen molar-refractivity contribution >= 4 is 28.6 Å². The van der Waals surface area contributed by atoms with Gasteiger partial charge < -0.3 is 4.98 Å². The molecule has 0 atom stereocenters. The van der Waals surface area contributed by atoms with Crippen LogP contribution in [0.3, 0.4) is 0 Å². The summed E-state index contributed by atoms with van der Waals surface area (Å²) in [7, 11) is 0. The number of H-pyrrole nitrogens is 2. The van der Waals surface area contributed by atoms with Gasteiger partial charge in [-0.3, -0.25) is 9.32 Å². The number of rotatable bonds is 5. The number of aryl methyl sites for hydroxylation is 2. The second-order valence-corrected chi connectivity index (χ2v) is 7.19. The maximum absolute atomic E-state index is 12.7. The van der Waals surface area contributed by atoms with E-state index in [0.717, 1.165) is 22.2 Å². The van der Waals surface area contributed by atoms with Crippen molar-refractivity contribution in [3.63, 3.8) is 0 Å². The number of imidazole rings is 1. The van der Waals surface area contributed by atoms with Crippen molar-refractivity contribution in [1.82, 2.24) is 15.2 Å². The van der Waals surface area contributed by atoms with Crippen molar-refractivity contribution in [2.75, 3.05) is 5.75 Å². The van der Waals surface area contributed by atoms with E-state index in [4.69, 9.17) is 4.52 Å². The van der Waals surface area contributed by atoms with E-state index >= 15 is 0 Å². The van der Waals surface area contributed by atoms with Gasteiger partial charge >= 0.3 is 11.3 Å². The number of aromatic nitrogens is 4. The topological polar surface area (TPSA) is 95.6 Å². The highest BCUT2D eigenvalue weighted by Gasteiger charge is 2.31. The van der Waals surface area contributed by atoms with Gasteiger partial charge in [0.15, 0.2) is 5.16 Å². The average molecular weight is 381 g/mol. The number of hydrogen-bond donors (Lipinski definition) is 2. The zero-order valence-corrected chi connectivity index (χ0v) is 15.6. The van der Waals surface area contributed by atoms with Crippen molar-refractivity contribution in [1.29, 1.82) is 0 Å². The Morgan fingerprint density at radius 1 is 1.22 bits per heavy atom. The van der Waals surface area contributed by atoms with Crippen LogP contribution in [0, 0.1) is 13.8 Å². The van der Waals surface area contributed by atoms with Crippen LogP contribution in [0.2, 0.25) is 0 Å². The Kier molecular flexibility index (Phi) is 4.41. The maximum atomic E-state index is 12.7. The summed E-state index contributed by atoms with van der Waals surface area (Å²) in [4.78, 5) is 32.5. The van der Waals surface area contributed by atoms with Gasteiger partial charge in [0.25, 0.3) is 0 Å². The summed E-state index contributed by atoms with van der Waals surface area (Å²) < 4.78 is 6.30. The zero-order chi connectivity index (χ0) is 19.0. The van der Waals surface area contributed by atoms with Crippen LogP contribution in [0.4, 0.5) is 0 Å². The van der Waals surface area contributed by atoms with Gasteiger partial charge in [-0.05, 0) is 41.5 Å². The minimum Gasteiger partial charge on any atom is -0.333 e. The number of para-hydroxylation sites is 2. The number of carbonyl (C=O) groups excluding carboxylic acids is 1. The van der Waals surface area contributed by atoms with Gasteiger partial charge in [-0.1, -0.05) is 36.0 Å². The number of ketones is 1. The van der Waals surface area contributed by atoms with Crippen LogP contribution in [0.1, 0.15) is 21.6 Å². The van der Waals surface area contributed by atoms with Crippen molar-refractivity contribution < 1.29 is 14.0 Å². The molecule has 8 heteroatoms. The average Bonchev–Trinajstić information content (AvgIpc) is 3.24. The largest absolute Gasteiger partial charge is 0.438 e. The van der Waals surface area contributed by atoms with Crippen molar-refractivity contribution in [3.05, 3.63) is 69.7 Å². The SMILES string of the molecule is Cc1ccc(C)c(-[n+]2[nH]oc(=O)c2C(=O)CSc2nc3ccccc3[nH]2)c1. The first-order chi connectivity index (χ1) is 13.0. The smallest absolute Gasteiger partial charge is 0.333 e. The molecule has 0 fully saturated rings. The molecule has 2 heterocycles. The lowest BCUT2D eigenvalue weighted by Gasteiger charge is -1.99. The second kappa shape index (κ2) is 6.88. The number of aromatic amines is 2. The van der Waals surface area contributed by atoms with Crippen LogP contribution in [-0.4, -0.2) is 26.8 Å². The molecule has 0 spiro atoms. The molecular weight excluding hydrogens is 364 g/mol. The first-order valence-corrected chi connectivity index (χ1v) is 9.33. The molecule has 0 amide bonds. The molecule has 4 rings (SSSR count). The standard InChI is InChI=1S/C19H16N4O3S/c1-11-7-8-12(2)15(9-11)23-17(18(25)26-22-23)16(24)10-27-19-20-13-5-3-4-6-14(13)21-19/h3-9H,10H2,1-2H3,(H-,20,21,22,24,25)/p+1. The number of benzene rings is 2. The predicted octanol–water partition coefficient (Wildman–Crippen LogP) is 2.71. The fraction of sp³-hybridized carbons (Fsp3) is 0.158. The van der Waals surface area contributed by atoms with Gasteiger partial charge in [0.2, 0.25) is 11.5 Å². The molecule has 4 aromatic rings. The first-order valence-electron chi connectivity index (χ1n) is 8.35. The summed E-state index contributed by atoms with van der Waals surface area (Å²) in [5.41, 5.74) is 3.65. The van der Waals surface area contributed by atoms with Crippen LogP contribution < -0.4 is 10.3 Å². The molecular formula is C19H17N4O3S+. The third-order valence-corrected chi connectivity index (χ3v) is 5.10. The molecule has 0 bridgehead atoms. The van der Waals surface area contributed by atoms with E-state index in [2.05, 4.69) is 15.2 Å². The molecule has 0 saturated heterocycles. The fourth-order valence-electron chi connectivity index (χ4n) is 2.84. The Balaban J connectivity index is 1.61.